The molecule has 0 saturated heterocycles. The Labute approximate surface area is 122 Å². The summed E-state index contributed by atoms with van der Waals surface area (Å²) in [5.41, 5.74) is 5.01. The first-order valence-electron chi connectivity index (χ1n) is 7.00. The van der Waals surface area contributed by atoms with Gasteiger partial charge in [-0.2, -0.15) is 0 Å². The topological polar surface area (TPSA) is 55.6 Å². The summed E-state index contributed by atoms with van der Waals surface area (Å²) in [7, 11) is 1.54. The number of nitrogens with zero attached hydrogens (tertiary/aromatic N) is 1. The van der Waals surface area contributed by atoms with E-state index < -0.39 is 17.5 Å². The number of anilines is 1. The van der Waals surface area contributed by atoms with Crippen LogP contribution in [0.25, 0.3) is 0 Å². The quantitative estimate of drug-likeness (QED) is 0.821. The number of hydrogen-bond donors (Lipinski definition) is 1. The summed E-state index contributed by atoms with van der Waals surface area (Å²) < 4.78 is 32.1. The Bertz CT molecular complexity index is 533. The number of nitrogens with two attached hydrogens (primary N) is 1. The van der Waals surface area contributed by atoms with Gasteiger partial charge in [-0.25, -0.2) is 8.78 Å². The number of rotatable bonds is 6. The third kappa shape index (κ3) is 3.50. The van der Waals surface area contributed by atoms with Gasteiger partial charge in [0.15, 0.2) is 0 Å². The first-order chi connectivity index (χ1) is 9.95. The van der Waals surface area contributed by atoms with Crippen molar-refractivity contribution in [1.82, 2.24) is 4.90 Å². The molecule has 0 aromatic heterocycles. The van der Waals surface area contributed by atoms with Crippen molar-refractivity contribution in [3.8, 4) is 0 Å². The summed E-state index contributed by atoms with van der Waals surface area (Å²) in [6, 6.07) is 1.71. The van der Waals surface area contributed by atoms with Crippen LogP contribution >= 0.6 is 0 Å². The van der Waals surface area contributed by atoms with Crippen LogP contribution in [0.3, 0.4) is 0 Å². The van der Waals surface area contributed by atoms with Crippen LogP contribution in [0.5, 0.6) is 0 Å². The number of hydrogen-bond acceptors (Lipinski definition) is 3. The highest BCUT2D eigenvalue weighted by molar-refractivity contribution is 5.95. The Hall–Kier alpha value is -1.69. The molecule has 1 aliphatic carbocycles. The third-order valence-corrected chi connectivity index (χ3v) is 3.91. The van der Waals surface area contributed by atoms with Crippen LogP contribution in [0.4, 0.5) is 14.5 Å². The van der Waals surface area contributed by atoms with Crippen LogP contribution in [-0.2, 0) is 4.74 Å². The first-order valence-corrected chi connectivity index (χ1v) is 7.00. The maximum absolute atomic E-state index is 13.9. The van der Waals surface area contributed by atoms with Gasteiger partial charge in [-0.1, -0.05) is 0 Å². The minimum Gasteiger partial charge on any atom is -0.396 e. The first kappa shape index (κ1) is 15.7. The molecule has 116 valence electrons. The SMILES string of the molecule is COCCN(C(=O)c1cc(N)c(F)cc1F)C(C)C1CC1. The number of carbonyl (C=O) groups excluding carboxylic acids is 1. The van der Waals surface area contributed by atoms with Gasteiger partial charge in [0.2, 0.25) is 0 Å². The molecule has 1 unspecified atom stereocenters. The molecule has 0 spiro atoms. The number of halogens is 2. The van der Waals surface area contributed by atoms with Crippen LogP contribution in [0.1, 0.15) is 30.1 Å². The average Bonchev–Trinajstić information content (AvgIpc) is 3.27. The minimum absolute atomic E-state index is 0.00155. The Morgan fingerprint density at radius 2 is 2.10 bits per heavy atom. The Morgan fingerprint density at radius 3 is 2.67 bits per heavy atom. The predicted molar refractivity (Wildman–Crippen MR) is 75.9 cm³/mol. The van der Waals surface area contributed by atoms with E-state index in [0.29, 0.717) is 25.1 Å². The van der Waals surface area contributed by atoms with Crippen molar-refractivity contribution in [1.29, 1.82) is 0 Å². The smallest absolute Gasteiger partial charge is 0.257 e. The molecule has 0 radical (unpaired) electrons. The molecule has 1 saturated carbocycles. The van der Waals surface area contributed by atoms with Crippen molar-refractivity contribution in [2.75, 3.05) is 26.0 Å². The lowest BCUT2D eigenvalue weighted by Crippen LogP contribution is -2.42. The van der Waals surface area contributed by atoms with Gasteiger partial charge in [0.05, 0.1) is 17.9 Å². The summed E-state index contributed by atoms with van der Waals surface area (Å²) in [6.45, 7) is 2.67. The molecule has 0 heterocycles. The van der Waals surface area contributed by atoms with E-state index in [4.69, 9.17) is 10.5 Å². The van der Waals surface area contributed by atoms with Gasteiger partial charge >= 0.3 is 0 Å². The van der Waals surface area contributed by atoms with Gasteiger partial charge < -0.3 is 15.4 Å². The van der Waals surface area contributed by atoms with Crippen LogP contribution in [0.2, 0.25) is 0 Å². The zero-order chi connectivity index (χ0) is 15.6. The highest BCUT2D eigenvalue weighted by Gasteiger charge is 2.35. The Kier molecular flexibility index (Phi) is 4.77. The minimum atomic E-state index is -0.892. The molecule has 0 aliphatic heterocycles. The summed E-state index contributed by atoms with van der Waals surface area (Å²) in [5, 5.41) is 0. The molecule has 2 rings (SSSR count). The van der Waals surface area contributed by atoms with E-state index in [1.165, 1.54) is 0 Å². The number of amides is 1. The lowest BCUT2D eigenvalue weighted by molar-refractivity contribution is 0.0590. The maximum atomic E-state index is 13.9. The standard InChI is InChI=1S/C15H20F2N2O2/c1-9(10-3-4-10)19(5-6-21-2)15(20)11-7-14(18)13(17)8-12(11)16/h7-10H,3-6,18H2,1-2H3. The lowest BCUT2D eigenvalue weighted by Gasteiger charge is -2.29. The maximum Gasteiger partial charge on any atom is 0.257 e. The van der Waals surface area contributed by atoms with Gasteiger partial charge in [0, 0.05) is 25.8 Å². The summed E-state index contributed by atoms with van der Waals surface area (Å²) in [4.78, 5) is 14.1. The highest BCUT2D eigenvalue weighted by atomic mass is 19.1. The molecule has 1 fully saturated rings. The van der Waals surface area contributed by atoms with E-state index in [1.54, 1.807) is 12.0 Å². The predicted octanol–water partition coefficient (Wildman–Crippen LogP) is 2.43. The molecular weight excluding hydrogens is 278 g/mol. The monoisotopic (exact) mass is 298 g/mol. The zero-order valence-corrected chi connectivity index (χ0v) is 12.2. The van der Waals surface area contributed by atoms with Gasteiger partial charge in [-0.3, -0.25) is 4.79 Å². The number of methoxy groups -OCH3 is 1. The van der Waals surface area contributed by atoms with Crippen molar-refractivity contribution in [3.05, 3.63) is 29.3 Å². The number of ether oxygens (including phenoxy) is 1. The molecule has 21 heavy (non-hydrogen) atoms. The van der Waals surface area contributed by atoms with Gasteiger partial charge in [0.25, 0.3) is 5.91 Å². The van der Waals surface area contributed by atoms with Gasteiger partial charge in [-0.15, -0.1) is 0 Å². The van der Waals surface area contributed by atoms with Gasteiger partial charge in [-0.05, 0) is 31.7 Å². The Morgan fingerprint density at radius 1 is 1.43 bits per heavy atom. The van der Waals surface area contributed by atoms with Crippen molar-refractivity contribution >= 4 is 11.6 Å². The lowest BCUT2D eigenvalue weighted by atomic mass is 10.1. The zero-order valence-electron chi connectivity index (χ0n) is 12.2. The fourth-order valence-corrected chi connectivity index (χ4v) is 2.40. The van der Waals surface area contributed by atoms with Crippen molar-refractivity contribution in [2.45, 2.75) is 25.8 Å². The van der Waals surface area contributed by atoms with E-state index in [2.05, 4.69) is 0 Å². The normalized spacial score (nSPS) is 15.8. The second-order valence-electron chi connectivity index (χ2n) is 5.42. The van der Waals surface area contributed by atoms with Crippen molar-refractivity contribution in [3.63, 3.8) is 0 Å². The van der Waals surface area contributed by atoms with E-state index in [9.17, 15) is 13.6 Å². The fraction of sp³-hybridized carbons (Fsp3) is 0.533. The summed E-state index contributed by atoms with van der Waals surface area (Å²) in [6.07, 6.45) is 2.12. The Balaban J connectivity index is 2.26. The molecule has 1 atom stereocenters. The van der Waals surface area contributed by atoms with Crippen molar-refractivity contribution < 1.29 is 18.3 Å². The van der Waals surface area contributed by atoms with Crippen molar-refractivity contribution in [2.24, 2.45) is 5.92 Å². The van der Waals surface area contributed by atoms with Gasteiger partial charge in [0.1, 0.15) is 11.6 Å². The van der Waals surface area contributed by atoms with E-state index >= 15 is 0 Å². The highest BCUT2D eigenvalue weighted by Crippen LogP contribution is 2.35. The average molecular weight is 298 g/mol. The summed E-state index contributed by atoms with van der Waals surface area (Å²) in [5.74, 6) is -1.79. The molecule has 1 aromatic rings. The second kappa shape index (κ2) is 6.39. The number of nitrogen functional groups attached to an aromatic ring is 1. The summed E-state index contributed by atoms with van der Waals surface area (Å²) >= 11 is 0. The van der Waals surface area contributed by atoms with Crippen LogP contribution in [0.15, 0.2) is 12.1 Å². The van der Waals surface area contributed by atoms with Crippen LogP contribution in [0, 0.1) is 17.6 Å². The second-order valence-corrected chi connectivity index (χ2v) is 5.42. The molecular formula is C15H20F2N2O2. The molecule has 1 amide bonds. The van der Waals surface area contributed by atoms with E-state index in [0.717, 1.165) is 18.9 Å². The number of carbonyl (C=O) groups is 1. The molecule has 1 aromatic carbocycles. The fourth-order valence-electron chi connectivity index (χ4n) is 2.40. The molecule has 4 nitrogen and oxygen atoms in total. The molecule has 6 heteroatoms. The molecule has 0 bridgehead atoms. The third-order valence-electron chi connectivity index (χ3n) is 3.91. The number of benzene rings is 1. The molecule has 1 aliphatic rings. The van der Waals surface area contributed by atoms with E-state index in [1.807, 2.05) is 6.92 Å². The van der Waals surface area contributed by atoms with Crippen LogP contribution in [-0.4, -0.2) is 37.1 Å². The van der Waals surface area contributed by atoms with E-state index in [-0.39, 0.29) is 17.3 Å². The molecule has 2 N–H and O–H groups in total. The van der Waals surface area contributed by atoms with Crippen LogP contribution < -0.4 is 5.73 Å². The largest absolute Gasteiger partial charge is 0.396 e.